The molecule has 2 rings (SSSR count). The lowest BCUT2D eigenvalue weighted by molar-refractivity contribution is -0.121. The number of fused-ring (bicyclic) bond motifs is 1. The van der Waals surface area contributed by atoms with Crippen molar-refractivity contribution < 1.29 is 18.0 Å². The van der Waals surface area contributed by atoms with E-state index in [1.165, 1.54) is 18.2 Å². The van der Waals surface area contributed by atoms with Crippen LogP contribution in [0.1, 0.15) is 23.7 Å². The normalized spacial score (nSPS) is 16.1. The van der Waals surface area contributed by atoms with Gasteiger partial charge < -0.3 is 11.1 Å². The third-order valence-electron chi connectivity index (χ3n) is 2.89. The highest BCUT2D eigenvalue weighted by atomic mass is 32.2. The van der Waals surface area contributed by atoms with E-state index in [1.807, 2.05) is 6.92 Å². The summed E-state index contributed by atoms with van der Waals surface area (Å²) in [6, 6.07) is 4.04. The van der Waals surface area contributed by atoms with Crippen LogP contribution >= 0.6 is 0 Å². The number of amides is 2. The molecule has 0 fully saturated rings. The summed E-state index contributed by atoms with van der Waals surface area (Å²) in [5.74, 6) is -1.21. The minimum Gasteiger partial charge on any atom is -0.399 e. The highest BCUT2D eigenvalue weighted by Crippen LogP contribution is 2.31. The Balaban J connectivity index is 2.30. The Labute approximate surface area is 116 Å². The Morgan fingerprint density at radius 1 is 1.40 bits per heavy atom. The minimum absolute atomic E-state index is 0.0440. The van der Waals surface area contributed by atoms with Gasteiger partial charge in [0.25, 0.3) is 15.9 Å². The van der Waals surface area contributed by atoms with Crippen LogP contribution in [0.4, 0.5) is 5.69 Å². The molecule has 0 radical (unpaired) electrons. The van der Waals surface area contributed by atoms with Gasteiger partial charge in [-0.25, -0.2) is 12.7 Å². The number of benzene rings is 1. The number of carbonyl (C=O) groups is 2. The molecule has 8 heteroatoms. The summed E-state index contributed by atoms with van der Waals surface area (Å²) >= 11 is 0. The lowest BCUT2D eigenvalue weighted by atomic mass is 10.2. The van der Waals surface area contributed by atoms with Crippen LogP contribution in [0.5, 0.6) is 0 Å². The largest absolute Gasteiger partial charge is 0.399 e. The molecule has 0 spiro atoms. The lowest BCUT2D eigenvalue weighted by Crippen LogP contribution is -2.40. The van der Waals surface area contributed by atoms with Gasteiger partial charge in [-0.1, -0.05) is 6.92 Å². The van der Waals surface area contributed by atoms with E-state index in [4.69, 9.17) is 5.73 Å². The third kappa shape index (κ3) is 2.34. The molecular formula is C12H15N3O4S. The third-order valence-corrected chi connectivity index (χ3v) is 4.66. The number of anilines is 1. The molecule has 1 aromatic rings. The first-order chi connectivity index (χ1) is 9.37. The van der Waals surface area contributed by atoms with Gasteiger partial charge in [0.2, 0.25) is 5.91 Å². The number of hydrogen-bond donors (Lipinski definition) is 2. The molecule has 0 atom stereocenters. The molecule has 0 bridgehead atoms. The second-order valence-corrected chi connectivity index (χ2v) is 6.25. The number of sulfonamides is 1. The van der Waals surface area contributed by atoms with Crippen molar-refractivity contribution >= 4 is 27.5 Å². The summed E-state index contributed by atoms with van der Waals surface area (Å²) in [5, 5.41) is 2.53. The highest BCUT2D eigenvalue weighted by Gasteiger charge is 2.42. The van der Waals surface area contributed by atoms with Gasteiger partial charge in [0.15, 0.2) is 0 Å². The van der Waals surface area contributed by atoms with E-state index in [-0.39, 0.29) is 16.1 Å². The van der Waals surface area contributed by atoms with Gasteiger partial charge in [-0.05, 0) is 24.6 Å². The van der Waals surface area contributed by atoms with E-state index in [1.54, 1.807) is 0 Å². The lowest BCUT2D eigenvalue weighted by Gasteiger charge is -2.14. The van der Waals surface area contributed by atoms with E-state index in [0.717, 1.165) is 6.42 Å². The van der Waals surface area contributed by atoms with Gasteiger partial charge >= 0.3 is 0 Å². The number of carbonyl (C=O) groups excluding carboxylic acids is 2. The fourth-order valence-corrected chi connectivity index (χ4v) is 3.46. The molecule has 3 N–H and O–H groups in total. The molecule has 0 unspecified atom stereocenters. The van der Waals surface area contributed by atoms with Crippen molar-refractivity contribution in [2.75, 3.05) is 18.8 Å². The second kappa shape index (κ2) is 5.12. The van der Waals surface area contributed by atoms with Crippen molar-refractivity contribution in [3.05, 3.63) is 23.8 Å². The zero-order valence-electron chi connectivity index (χ0n) is 10.9. The number of rotatable bonds is 4. The molecule has 2 amide bonds. The van der Waals surface area contributed by atoms with E-state index in [0.29, 0.717) is 10.8 Å². The Hall–Kier alpha value is -2.09. The van der Waals surface area contributed by atoms with Crippen molar-refractivity contribution in [3.63, 3.8) is 0 Å². The first-order valence-corrected chi connectivity index (χ1v) is 7.55. The molecule has 0 aromatic heterocycles. The van der Waals surface area contributed by atoms with Crippen LogP contribution in [-0.2, 0) is 14.8 Å². The summed E-state index contributed by atoms with van der Waals surface area (Å²) in [6.07, 6.45) is 0.725. The zero-order chi connectivity index (χ0) is 14.9. The summed E-state index contributed by atoms with van der Waals surface area (Å²) in [4.78, 5) is 23.5. The van der Waals surface area contributed by atoms with Gasteiger partial charge in [-0.3, -0.25) is 9.59 Å². The summed E-state index contributed by atoms with van der Waals surface area (Å²) in [6.45, 7) is 1.78. The summed E-state index contributed by atoms with van der Waals surface area (Å²) in [5.41, 5.74) is 5.83. The number of nitrogen functional groups attached to an aromatic ring is 1. The number of nitrogens with two attached hydrogens (primary N) is 1. The fraction of sp³-hybridized carbons (Fsp3) is 0.333. The van der Waals surface area contributed by atoms with E-state index in [9.17, 15) is 18.0 Å². The van der Waals surface area contributed by atoms with Crippen molar-refractivity contribution in [3.8, 4) is 0 Å². The van der Waals surface area contributed by atoms with Gasteiger partial charge in [0.05, 0.1) is 5.56 Å². The standard InChI is InChI=1S/C12H15N3O4S/c1-2-5-14-11(16)7-15-12(17)9-4-3-8(13)6-10(9)20(15,18)19/h3-4,6H,2,5,7,13H2,1H3,(H,14,16). The number of nitrogens with one attached hydrogen (secondary N) is 1. The van der Waals surface area contributed by atoms with Gasteiger partial charge in [0.1, 0.15) is 11.4 Å². The van der Waals surface area contributed by atoms with E-state index < -0.39 is 28.4 Å². The van der Waals surface area contributed by atoms with Crippen LogP contribution in [0.15, 0.2) is 23.1 Å². The summed E-state index contributed by atoms with van der Waals surface area (Å²) < 4.78 is 25.0. The number of hydrogen-bond acceptors (Lipinski definition) is 5. The van der Waals surface area contributed by atoms with Gasteiger partial charge in [-0.2, -0.15) is 0 Å². The zero-order valence-corrected chi connectivity index (χ0v) is 11.7. The van der Waals surface area contributed by atoms with E-state index in [2.05, 4.69) is 5.32 Å². The summed E-state index contributed by atoms with van der Waals surface area (Å²) in [7, 11) is -4.00. The topological polar surface area (TPSA) is 110 Å². The fourth-order valence-electron chi connectivity index (χ4n) is 1.90. The molecule has 0 saturated carbocycles. The first kappa shape index (κ1) is 14.3. The van der Waals surface area contributed by atoms with Crippen molar-refractivity contribution in [2.24, 2.45) is 0 Å². The van der Waals surface area contributed by atoms with Crippen LogP contribution in [-0.4, -0.2) is 37.6 Å². The second-order valence-electron chi connectivity index (χ2n) is 4.42. The molecule has 1 heterocycles. The van der Waals surface area contributed by atoms with Gasteiger partial charge in [-0.15, -0.1) is 0 Å². The van der Waals surface area contributed by atoms with Crippen LogP contribution in [0, 0.1) is 0 Å². The Kier molecular flexibility index (Phi) is 3.67. The minimum atomic E-state index is -4.00. The first-order valence-electron chi connectivity index (χ1n) is 6.11. The SMILES string of the molecule is CCCNC(=O)CN1C(=O)c2ccc(N)cc2S1(=O)=O. The Morgan fingerprint density at radius 3 is 2.75 bits per heavy atom. The monoisotopic (exact) mass is 297 g/mol. The molecular weight excluding hydrogens is 282 g/mol. The predicted octanol–water partition coefficient (Wildman–Crippen LogP) is -0.0605. The van der Waals surface area contributed by atoms with E-state index >= 15 is 0 Å². The van der Waals surface area contributed by atoms with Crippen LogP contribution in [0.2, 0.25) is 0 Å². The maximum absolute atomic E-state index is 12.2. The molecule has 1 aromatic carbocycles. The molecule has 20 heavy (non-hydrogen) atoms. The average molecular weight is 297 g/mol. The van der Waals surface area contributed by atoms with Crippen LogP contribution in [0.25, 0.3) is 0 Å². The van der Waals surface area contributed by atoms with Crippen LogP contribution < -0.4 is 11.1 Å². The van der Waals surface area contributed by atoms with Crippen LogP contribution in [0.3, 0.4) is 0 Å². The molecule has 0 aliphatic carbocycles. The van der Waals surface area contributed by atoms with Gasteiger partial charge in [0, 0.05) is 12.2 Å². The molecule has 108 valence electrons. The Morgan fingerprint density at radius 2 is 2.10 bits per heavy atom. The maximum atomic E-state index is 12.2. The molecule has 7 nitrogen and oxygen atoms in total. The quantitative estimate of drug-likeness (QED) is 0.757. The molecule has 1 aliphatic heterocycles. The van der Waals surface area contributed by atoms with Crippen molar-refractivity contribution in [1.29, 1.82) is 0 Å². The highest BCUT2D eigenvalue weighted by molar-refractivity contribution is 7.90. The molecule has 0 saturated heterocycles. The average Bonchev–Trinajstić information content (AvgIpc) is 2.57. The maximum Gasteiger partial charge on any atom is 0.269 e. The predicted molar refractivity (Wildman–Crippen MR) is 72.4 cm³/mol. The smallest absolute Gasteiger partial charge is 0.269 e. The van der Waals surface area contributed by atoms with Crippen molar-refractivity contribution in [1.82, 2.24) is 9.62 Å². The number of nitrogens with zero attached hydrogens (tertiary/aromatic N) is 1. The Bertz CT molecular complexity index is 669. The molecule has 1 aliphatic rings. The van der Waals surface area contributed by atoms with Crippen molar-refractivity contribution in [2.45, 2.75) is 18.2 Å².